The Bertz CT molecular complexity index is 1590. The zero-order valence-electron chi connectivity index (χ0n) is 49.9. The van der Waals surface area contributed by atoms with Crippen molar-refractivity contribution in [3.05, 3.63) is 0 Å². The lowest BCUT2D eigenvalue weighted by molar-refractivity contribution is -0.130. The van der Waals surface area contributed by atoms with Gasteiger partial charge in [-0.3, -0.25) is 0 Å². The summed E-state index contributed by atoms with van der Waals surface area (Å²) >= 11 is 0. The van der Waals surface area contributed by atoms with Gasteiger partial charge in [0.2, 0.25) is 0 Å². The van der Waals surface area contributed by atoms with Gasteiger partial charge in [-0.25, -0.2) is 0 Å². The van der Waals surface area contributed by atoms with E-state index in [9.17, 15) is 0 Å². The van der Waals surface area contributed by atoms with Crippen LogP contribution in [-0.2, 0) is 133 Å². The molecule has 0 radical (unpaired) electrons. The summed E-state index contributed by atoms with van der Waals surface area (Å²) in [4.78, 5) is 0. The van der Waals surface area contributed by atoms with E-state index in [0.717, 1.165) is 32.8 Å². The van der Waals surface area contributed by atoms with Crippen LogP contribution in [0.2, 0.25) is 0 Å². The van der Waals surface area contributed by atoms with Crippen LogP contribution in [0.1, 0.15) is 6.42 Å². The average Bonchev–Trinajstić information content (AvgIpc) is 4.33. The smallest absolute Gasteiger partial charge is 0.104 e. The van der Waals surface area contributed by atoms with E-state index in [1.165, 1.54) is 0 Å². The van der Waals surface area contributed by atoms with Crippen molar-refractivity contribution in [1.82, 2.24) is 0 Å². The lowest BCUT2D eigenvalue weighted by Crippen LogP contribution is -2.36. The quantitative estimate of drug-likeness (QED) is 0.0527. The molecule has 8 saturated heterocycles. The van der Waals surface area contributed by atoms with E-state index in [4.69, 9.17) is 133 Å². The molecule has 8 fully saturated rings. The zero-order valence-corrected chi connectivity index (χ0v) is 49.9. The van der Waals surface area contributed by atoms with Gasteiger partial charge in [0.05, 0.1) is 277 Å². The summed E-state index contributed by atoms with van der Waals surface area (Å²) in [6, 6.07) is 0. The van der Waals surface area contributed by atoms with Crippen LogP contribution in [0.15, 0.2) is 0 Å². The molecule has 496 valence electrons. The highest BCUT2D eigenvalue weighted by atomic mass is 16.7. The van der Waals surface area contributed by atoms with E-state index < -0.39 is 24.4 Å². The molecule has 0 bridgehead atoms. The van der Waals surface area contributed by atoms with Gasteiger partial charge in [0, 0.05) is 6.61 Å². The van der Waals surface area contributed by atoms with Gasteiger partial charge in [-0.05, 0) is 6.42 Å². The minimum atomic E-state index is -0.476. The molecule has 8 aliphatic rings. The minimum absolute atomic E-state index is 0.137. The Morgan fingerprint density at radius 1 is 0.188 bits per heavy atom. The van der Waals surface area contributed by atoms with Gasteiger partial charge >= 0.3 is 0 Å². The fourth-order valence-electron chi connectivity index (χ4n) is 7.81. The Morgan fingerprint density at radius 3 is 0.553 bits per heavy atom. The predicted octanol–water partition coefficient (Wildman–Crippen LogP) is -0.890. The molecule has 0 aromatic carbocycles. The van der Waals surface area contributed by atoms with Crippen LogP contribution in [0.25, 0.3) is 0 Å². The van der Waals surface area contributed by atoms with Crippen molar-refractivity contribution >= 4 is 0 Å². The summed E-state index contributed by atoms with van der Waals surface area (Å²) in [5.74, 6) is 0. The van der Waals surface area contributed by atoms with E-state index in [1.54, 1.807) is 0 Å². The van der Waals surface area contributed by atoms with E-state index >= 15 is 0 Å². The molecule has 85 heavy (non-hydrogen) atoms. The van der Waals surface area contributed by atoms with Gasteiger partial charge in [0.25, 0.3) is 0 Å². The standard InChI is InChI=1S/C57H100O28/c1(44-36-78-44)2-58-17-45(72-11-5-61-20-52-38-80-52)26-67-28-47(74-13-7-63-22-54-40-82-54)30-69-32-49(76-15-9-65-24-56-42-84-56)34-71-35-50(77-16-10-66-25-57-43-85-57)33-70-31-48(75-14-8-64-23-55-41-83-55)29-68-27-46(73-12-6-62-21-53-39-81-53)18-59-3-4-60-19-51-37-79-51/h44-57H,1-43H2. The van der Waals surface area contributed by atoms with E-state index in [2.05, 4.69) is 0 Å². The second kappa shape index (κ2) is 44.4. The van der Waals surface area contributed by atoms with Crippen molar-refractivity contribution in [1.29, 1.82) is 0 Å². The molecule has 0 aromatic heterocycles. The number of ether oxygens (including phenoxy) is 28. The molecular weight excluding hydrogens is 1130 g/mol. The number of rotatable bonds is 68. The molecule has 8 rings (SSSR count). The number of hydrogen-bond acceptors (Lipinski definition) is 28. The molecular formula is C57H100O28. The highest BCUT2D eigenvalue weighted by Crippen LogP contribution is 2.16. The predicted molar refractivity (Wildman–Crippen MR) is 292 cm³/mol. The Balaban J connectivity index is 0.793. The van der Waals surface area contributed by atoms with Crippen LogP contribution in [0.4, 0.5) is 0 Å². The summed E-state index contributed by atoms with van der Waals surface area (Å²) in [5, 5.41) is 0. The highest BCUT2D eigenvalue weighted by molar-refractivity contribution is 4.73. The van der Waals surface area contributed by atoms with E-state index in [-0.39, 0.29) is 127 Å². The molecule has 0 spiro atoms. The van der Waals surface area contributed by atoms with Crippen molar-refractivity contribution in [2.75, 3.05) is 277 Å². The summed E-state index contributed by atoms with van der Waals surface area (Å²) in [5.41, 5.74) is 0. The first-order valence-corrected chi connectivity index (χ1v) is 30.9. The Morgan fingerprint density at radius 2 is 0.353 bits per heavy atom. The number of hydrogen-bond donors (Lipinski definition) is 0. The average molecular weight is 1230 g/mol. The van der Waals surface area contributed by atoms with Crippen LogP contribution >= 0.6 is 0 Å². The van der Waals surface area contributed by atoms with Crippen molar-refractivity contribution in [3.63, 3.8) is 0 Å². The maximum atomic E-state index is 6.35. The third-order valence-electron chi connectivity index (χ3n) is 13.4. The van der Waals surface area contributed by atoms with Crippen LogP contribution < -0.4 is 0 Å². The molecule has 0 aromatic rings. The molecule has 8 heterocycles. The Labute approximate surface area is 500 Å². The normalized spacial score (nSPS) is 26.3. The summed E-state index contributed by atoms with van der Waals surface area (Å²) in [7, 11) is 0. The van der Waals surface area contributed by atoms with Gasteiger partial charge in [0.1, 0.15) is 79.4 Å². The summed E-state index contributed by atoms with van der Waals surface area (Å²) in [6.45, 7) is 18.3. The van der Waals surface area contributed by atoms with Gasteiger partial charge in [0.15, 0.2) is 0 Å². The first-order chi connectivity index (χ1) is 42.1. The fourth-order valence-corrected chi connectivity index (χ4v) is 7.81. The third kappa shape index (κ3) is 39.7. The van der Waals surface area contributed by atoms with Gasteiger partial charge in [-0.2, -0.15) is 0 Å². The molecule has 28 nitrogen and oxygen atoms in total. The lowest BCUT2D eigenvalue weighted by Gasteiger charge is -2.24. The lowest BCUT2D eigenvalue weighted by atomic mass is 10.3. The summed E-state index contributed by atoms with van der Waals surface area (Å²) < 4.78 is 163. The van der Waals surface area contributed by atoms with Crippen molar-refractivity contribution in [2.45, 2.75) is 91.9 Å². The molecule has 0 saturated carbocycles. The first kappa shape index (κ1) is 69.8. The molecule has 28 heteroatoms. The van der Waals surface area contributed by atoms with Crippen molar-refractivity contribution in [3.8, 4) is 0 Å². The Hall–Kier alpha value is -1.12. The van der Waals surface area contributed by atoms with Crippen LogP contribution in [0.3, 0.4) is 0 Å². The SMILES string of the molecule is C(COCC1CO1)OCC(COCC(COCC(COCC(COCC(COCC(COCCC1CO1)OCCOCC1CO1)OCCOCC1CO1)OCCOCC1CO1)OCCOCC1CO1)OCCOCC1CO1)OCCOCC1CO1. The first-order valence-electron chi connectivity index (χ1n) is 30.9. The van der Waals surface area contributed by atoms with E-state index in [1.807, 2.05) is 0 Å². The van der Waals surface area contributed by atoms with Gasteiger partial charge < -0.3 is 133 Å². The Kier molecular flexibility index (Phi) is 36.4. The molecule has 14 atom stereocenters. The van der Waals surface area contributed by atoms with Crippen molar-refractivity contribution < 1.29 is 133 Å². The molecule has 8 aliphatic heterocycles. The maximum absolute atomic E-state index is 6.35. The fraction of sp³-hybridized carbons (Fsp3) is 1.00. The van der Waals surface area contributed by atoms with E-state index in [0.29, 0.717) is 185 Å². The largest absolute Gasteiger partial charge is 0.379 e. The number of epoxide rings is 8. The molecule has 0 N–H and O–H groups in total. The highest BCUT2D eigenvalue weighted by Gasteiger charge is 2.28. The van der Waals surface area contributed by atoms with Crippen LogP contribution in [0.5, 0.6) is 0 Å². The second-order valence-corrected chi connectivity index (χ2v) is 21.7. The molecule has 0 aliphatic carbocycles. The molecule has 14 unspecified atom stereocenters. The summed E-state index contributed by atoms with van der Waals surface area (Å²) in [6.07, 6.45) is -0.260. The third-order valence-corrected chi connectivity index (χ3v) is 13.4. The topological polar surface area (TPSA) is 285 Å². The second-order valence-electron chi connectivity index (χ2n) is 21.7. The van der Waals surface area contributed by atoms with Crippen LogP contribution in [0, 0.1) is 0 Å². The monoisotopic (exact) mass is 1230 g/mol. The molecule has 0 amide bonds. The van der Waals surface area contributed by atoms with Gasteiger partial charge in [-0.1, -0.05) is 0 Å². The minimum Gasteiger partial charge on any atom is -0.379 e. The van der Waals surface area contributed by atoms with Crippen LogP contribution in [-0.4, -0.2) is 363 Å². The van der Waals surface area contributed by atoms with Crippen molar-refractivity contribution in [2.24, 2.45) is 0 Å². The zero-order chi connectivity index (χ0) is 58.3. The maximum Gasteiger partial charge on any atom is 0.104 e. The van der Waals surface area contributed by atoms with Gasteiger partial charge in [-0.15, -0.1) is 0 Å².